The summed E-state index contributed by atoms with van der Waals surface area (Å²) in [7, 11) is 0. The first-order chi connectivity index (χ1) is 12.0. The van der Waals surface area contributed by atoms with Crippen LogP contribution in [0.2, 0.25) is 0 Å². The first-order valence-corrected chi connectivity index (χ1v) is 8.25. The molecule has 1 aliphatic rings. The Kier molecular flexibility index (Phi) is 7.15. The quantitative estimate of drug-likeness (QED) is 0.332. The molecule has 2 rings (SSSR count). The van der Waals surface area contributed by atoms with Crippen LogP contribution in [-0.4, -0.2) is 47.8 Å². The third kappa shape index (κ3) is 6.67. The standard InChI is InChI=1S/C17H24N2O6/c1-13(15-7-5-8-18-10-15)19-24-9-4-3-6-14-11-22-17(2,23-12-14)25-16(20)21/h5,7-8,10,14H,3-4,6,9,11-12H2,1-2H3,(H,20,21). The van der Waals surface area contributed by atoms with Crippen LogP contribution in [0, 0.1) is 5.92 Å². The molecule has 1 aromatic heterocycles. The van der Waals surface area contributed by atoms with Crippen LogP contribution < -0.4 is 0 Å². The topological polar surface area (TPSA) is 99.5 Å². The van der Waals surface area contributed by atoms with Gasteiger partial charge in [-0.1, -0.05) is 5.16 Å². The van der Waals surface area contributed by atoms with Crippen molar-refractivity contribution in [3.05, 3.63) is 30.1 Å². The highest BCUT2D eigenvalue weighted by atomic mass is 16.9. The molecule has 1 aliphatic heterocycles. The van der Waals surface area contributed by atoms with E-state index < -0.39 is 12.1 Å². The summed E-state index contributed by atoms with van der Waals surface area (Å²) in [5, 5.41) is 12.7. The predicted octanol–water partition coefficient (Wildman–Crippen LogP) is 3.02. The van der Waals surface area contributed by atoms with Gasteiger partial charge >= 0.3 is 12.1 Å². The molecular formula is C17H24N2O6. The highest BCUT2D eigenvalue weighted by Gasteiger charge is 2.36. The third-order valence-electron chi connectivity index (χ3n) is 3.81. The van der Waals surface area contributed by atoms with Gasteiger partial charge in [-0.05, 0) is 38.3 Å². The zero-order valence-corrected chi connectivity index (χ0v) is 14.5. The van der Waals surface area contributed by atoms with Gasteiger partial charge in [0.25, 0.3) is 0 Å². The smallest absolute Gasteiger partial charge is 0.450 e. The summed E-state index contributed by atoms with van der Waals surface area (Å²) in [6.07, 6.45) is 4.75. The second-order valence-corrected chi connectivity index (χ2v) is 5.97. The van der Waals surface area contributed by atoms with E-state index in [1.54, 1.807) is 12.4 Å². The molecule has 0 amide bonds. The van der Waals surface area contributed by atoms with Crippen molar-refractivity contribution < 1.29 is 28.9 Å². The number of unbranched alkanes of at least 4 members (excludes halogenated alkanes) is 1. The highest BCUT2D eigenvalue weighted by molar-refractivity contribution is 5.97. The van der Waals surface area contributed by atoms with Gasteiger partial charge in [-0.25, -0.2) is 4.79 Å². The van der Waals surface area contributed by atoms with Gasteiger partial charge in [0.2, 0.25) is 0 Å². The fourth-order valence-electron chi connectivity index (χ4n) is 2.38. The number of nitrogens with zero attached hydrogens (tertiary/aromatic N) is 2. The lowest BCUT2D eigenvalue weighted by atomic mass is 10.0. The molecule has 25 heavy (non-hydrogen) atoms. The van der Waals surface area contributed by atoms with Crippen LogP contribution in [0.3, 0.4) is 0 Å². The van der Waals surface area contributed by atoms with Crippen LogP contribution in [0.25, 0.3) is 0 Å². The Balaban J connectivity index is 1.58. The first kappa shape index (κ1) is 19.1. The zero-order chi connectivity index (χ0) is 18.1. The molecule has 0 atom stereocenters. The number of aromatic nitrogens is 1. The molecule has 2 heterocycles. The molecule has 8 heteroatoms. The molecule has 0 saturated carbocycles. The van der Waals surface area contributed by atoms with E-state index >= 15 is 0 Å². The van der Waals surface area contributed by atoms with Crippen molar-refractivity contribution in [3.8, 4) is 0 Å². The Morgan fingerprint density at radius 2 is 2.20 bits per heavy atom. The van der Waals surface area contributed by atoms with Crippen molar-refractivity contribution in [2.24, 2.45) is 11.1 Å². The van der Waals surface area contributed by atoms with Gasteiger partial charge in [-0.15, -0.1) is 0 Å². The van der Waals surface area contributed by atoms with Crippen molar-refractivity contribution in [1.29, 1.82) is 0 Å². The molecule has 0 unspecified atom stereocenters. The van der Waals surface area contributed by atoms with Crippen molar-refractivity contribution in [1.82, 2.24) is 4.98 Å². The minimum Gasteiger partial charge on any atom is -0.450 e. The van der Waals surface area contributed by atoms with E-state index in [2.05, 4.69) is 14.9 Å². The molecule has 0 aromatic carbocycles. The monoisotopic (exact) mass is 352 g/mol. The van der Waals surface area contributed by atoms with Crippen molar-refractivity contribution in [2.45, 2.75) is 39.1 Å². The highest BCUT2D eigenvalue weighted by Crippen LogP contribution is 2.25. The van der Waals surface area contributed by atoms with Gasteiger partial charge in [0.15, 0.2) is 0 Å². The van der Waals surface area contributed by atoms with Gasteiger partial charge in [0, 0.05) is 30.8 Å². The van der Waals surface area contributed by atoms with Crippen LogP contribution in [0.15, 0.2) is 29.7 Å². The van der Waals surface area contributed by atoms with Gasteiger partial charge in [0.1, 0.15) is 6.61 Å². The number of carboxylic acid groups (broad SMARTS) is 1. The summed E-state index contributed by atoms with van der Waals surface area (Å²) < 4.78 is 15.3. The normalized spacial score (nSPS) is 23.9. The van der Waals surface area contributed by atoms with Crippen molar-refractivity contribution >= 4 is 11.9 Å². The van der Waals surface area contributed by atoms with Gasteiger partial charge in [-0.2, -0.15) is 0 Å². The molecule has 1 fully saturated rings. The van der Waals surface area contributed by atoms with Crippen LogP contribution in [0.5, 0.6) is 0 Å². The number of pyridine rings is 1. The van der Waals surface area contributed by atoms with E-state index in [-0.39, 0.29) is 5.92 Å². The lowest BCUT2D eigenvalue weighted by molar-refractivity contribution is -0.379. The lowest BCUT2D eigenvalue weighted by Crippen LogP contribution is -2.45. The van der Waals surface area contributed by atoms with Crippen LogP contribution >= 0.6 is 0 Å². The van der Waals surface area contributed by atoms with Crippen molar-refractivity contribution in [2.75, 3.05) is 19.8 Å². The van der Waals surface area contributed by atoms with Crippen LogP contribution in [-0.2, 0) is 19.0 Å². The molecule has 0 radical (unpaired) electrons. The molecule has 8 nitrogen and oxygen atoms in total. The minimum absolute atomic E-state index is 0.214. The number of carbonyl (C=O) groups is 1. The largest absolute Gasteiger partial charge is 0.510 e. The molecule has 0 spiro atoms. The summed E-state index contributed by atoms with van der Waals surface area (Å²) in [5.41, 5.74) is 1.73. The molecule has 138 valence electrons. The Hall–Kier alpha value is -2.19. The summed E-state index contributed by atoms with van der Waals surface area (Å²) in [6.45, 7) is 4.68. The minimum atomic E-state index is -1.50. The summed E-state index contributed by atoms with van der Waals surface area (Å²) >= 11 is 0. The van der Waals surface area contributed by atoms with E-state index in [0.717, 1.165) is 30.5 Å². The number of ether oxygens (including phenoxy) is 3. The molecule has 0 bridgehead atoms. The molecular weight excluding hydrogens is 328 g/mol. The molecule has 0 aliphatic carbocycles. The zero-order valence-electron chi connectivity index (χ0n) is 14.5. The second-order valence-electron chi connectivity index (χ2n) is 5.97. The Labute approximate surface area is 146 Å². The fourth-order valence-corrected chi connectivity index (χ4v) is 2.38. The average Bonchev–Trinajstić information content (AvgIpc) is 2.59. The number of hydrogen-bond donors (Lipinski definition) is 1. The molecule has 1 saturated heterocycles. The third-order valence-corrected chi connectivity index (χ3v) is 3.81. The SMILES string of the molecule is CC(=NOCCCCC1COC(C)(OC(=O)O)OC1)c1cccnc1. The first-order valence-electron chi connectivity index (χ1n) is 8.25. The second kappa shape index (κ2) is 9.33. The predicted molar refractivity (Wildman–Crippen MR) is 89.2 cm³/mol. The van der Waals surface area contributed by atoms with E-state index in [1.165, 1.54) is 6.92 Å². The van der Waals surface area contributed by atoms with Crippen LogP contribution in [0.1, 0.15) is 38.7 Å². The van der Waals surface area contributed by atoms with E-state index in [1.807, 2.05) is 19.1 Å². The molecule has 1 N–H and O–H groups in total. The summed E-state index contributed by atoms with van der Waals surface area (Å²) in [4.78, 5) is 19.9. The van der Waals surface area contributed by atoms with E-state index in [9.17, 15) is 4.79 Å². The molecule has 1 aromatic rings. The number of rotatable bonds is 8. The number of hydrogen-bond acceptors (Lipinski definition) is 7. The van der Waals surface area contributed by atoms with E-state index in [4.69, 9.17) is 19.4 Å². The average molecular weight is 352 g/mol. The Morgan fingerprint density at radius 3 is 2.84 bits per heavy atom. The maximum absolute atomic E-state index is 10.6. The maximum Gasteiger partial charge on any atom is 0.510 e. The summed E-state index contributed by atoms with van der Waals surface area (Å²) in [6, 6.07) is 3.79. The summed E-state index contributed by atoms with van der Waals surface area (Å²) in [5.74, 6) is -1.28. The van der Waals surface area contributed by atoms with Gasteiger partial charge < -0.3 is 24.2 Å². The van der Waals surface area contributed by atoms with E-state index in [0.29, 0.717) is 19.8 Å². The Morgan fingerprint density at radius 1 is 1.44 bits per heavy atom. The van der Waals surface area contributed by atoms with Crippen LogP contribution in [0.4, 0.5) is 4.79 Å². The van der Waals surface area contributed by atoms with Gasteiger partial charge in [0.05, 0.1) is 18.9 Å². The number of oxime groups is 1. The van der Waals surface area contributed by atoms with Crippen molar-refractivity contribution in [3.63, 3.8) is 0 Å². The maximum atomic E-state index is 10.6. The lowest BCUT2D eigenvalue weighted by Gasteiger charge is -2.35. The van der Waals surface area contributed by atoms with Gasteiger partial charge in [-0.3, -0.25) is 4.98 Å². The Bertz CT molecular complexity index is 570. The fraction of sp³-hybridized carbons (Fsp3) is 0.588.